The van der Waals surface area contributed by atoms with Crippen LogP contribution in [-0.4, -0.2) is 18.0 Å². The van der Waals surface area contributed by atoms with Crippen LogP contribution in [0.3, 0.4) is 0 Å². The van der Waals surface area contributed by atoms with E-state index in [1.165, 1.54) is 13.3 Å². The number of carbonyl (C=O) groups is 1. The Kier molecular flexibility index (Phi) is 4.12. The van der Waals surface area contributed by atoms with Gasteiger partial charge in [0, 0.05) is 6.07 Å². The third-order valence-corrected chi connectivity index (χ3v) is 3.33. The molecule has 1 amide bonds. The van der Waals surface area contributed by atoms with Crippen molar-refractivity contribution in [2.45, 2.75) is 5.92 Å². The van der Waals surface area contributed by atoms with Crippen LogP contribution < -0.4 is 10.1 Å². The lowest BCUT2D eigenvalue weighted by Gasteiger charge is -2.15. The van der Waals surface area contributed by atoms with Gasteiger partial charge in [0.05, 0.1) is 18.9 Å². The average Bonchev–Trinajstić information content (AvgIpc) is 2.85. The number of benzene rings is 1. The molecule has 9 heteroatoms. The third-order valence-electron chi connectivity index (χ3n) is 2.46. The Morgan fingerprint density at radius 1 is 1.38 bits per heavy atom. The number of aromatic nitrogens is 1. The highest BCUT2D eigenvalue weighted by atomic mass is 32.1. The molecule has 0 bridgehead atoms. The fraction of sp³-hybridized carbons (Fsp3) is 0.167. The van der Waals surface area contributed by atoms with E-state index < -0.39 is 29.0 Å². The lowest BCUT2D eigenvalue weighted by Crippen LogP contribution is -2.33. The molecule has 1 aromatic heterocycles. The van der Waals surface area contributed by atoms with Crippen LogP contribution in [0, 0.1) is 11.6 Å². The third kappa shape index (κ3) is 3.13. The van der Waals surface area contributed by atoms with Crippen LogP contribution in [0.2, 0.25) is 0 Å². The molecule has 0 aliphatic rings. The van der Waals surface area contributed by atoms with Gasteiger partial charge in [-0.2, -0.15) is 8.78 Å². The predicted molar refractivity (Wildman–Crippen MR) is 67.5 cm³/mol. The van der Waals surface area contributed by atoms with Crippen molar-refractivity contribution in [1.82, 2.24) is 4.98 Å². The van der Waals surface area contributed by atoms with Crippen molar-refractivity contribution in [2.24, 2.45) is 0 Å². The lowest BCUT2D eigenvalue weighted by molar-refractivity contribution is -0.141. The van der Waals surface area contributed by atoms with Gasteiger partial charge >= 0.3 is 11.8 Å². The summed E-state index contributed by atoms with van der Waals surface area (Å²) in [4.78, 5) is 15.2. The molecular weight excluding hydrogens is 312 g/mol. The van der Waals surface area contributed by atoms with E-state index in [9.17, 15) is 22.4 Å². The molecule has 0 radical (unpaired) electrons. The zero-order valence-electron chi connectivity index (χ0n) is 10.5. The second-order valence-electron chi connectivity index (χ2n) is 3.84. The molecule has 2 rings (SSSR count). The van der Waals surface area contributed by atoms with Gasteiger partial charge in [0.25, 0.3) is 0 Å². The van der Waals surface area contributed by atoms with E-state index in [1.807, 2.05) is 5.32 Å². The van der Waals surface area contributed by atoms with Gasteiger partial charge in [0.2, 0.25) is 0 Å². The number of alkyl halides is 2. The molecule has 1 N–H and O–H groups in total. The van der Waals surface area contributed by atoms with E-state index in [2.05, 4.69) is 4.98 Å². The summed E-state index contributed by atoms with van der Waals surface area (Å²) in [6.45, 7) is 0. The number of halogens is 4. The number of nitrogens with zero attached hydrogens (tertiary/aromatic N) is 1. The number of anilines is 1. The van der Waals surface area contributed by atoms with Gasteiger partial charge in [-0.1, -0.05) is 11.3 Å². The van der Waals surface area contributed by atoms with Crippen LogP contribution in [0.25, 0.3) is 0 Å². The van der Waals surface area contributed by atoms with Crippen molar-refractivity contribution >= 4 is 22.4 Å². The van der Waals surface area contributed by atoms with Crippen molar-refractivity contribution in [2.75, 3.05) is 12.4 Å². The Balaban J connectivity index is 2.23. The zero-order chi connectivity index (χ0) is 15.6. The number of hydrogen-bond acceptors (Lipinski definition) is 4. The van der Waals surface area contributed by atoms with Gasteiger partial charge in [-0.15, -0.1) is 0 Å². The first kappa shape index (κ1) is 15.2. The molecule has 2 aromatic rings. The van der Waals surface area contributed by atoms with Crippen molar-refractivity contribution in [3.8, 4) is 5.06 Å². The van der Waals surface area contributed by atoms with Crippen LogP contribution in [-0.2, 0) is 10.7 Å². The predicted octanol–water partition coefficient (Wildman–Crippen LogP) is 3.16. The minimum atomic E-state index is -4.17. The highest BCUT2D eigenvalue weighted by Gasteiger charge is 2.43. The Morgan fingerprint density at radius 2 is 2.10 bits per heavy atom. The summed E-state index contributed by atoms with van der Waals surface area (Å²) in [6, 6.07) is 1.45. The van der Waals surface area contributed by atoms with E-state index in [4.69, 9.17) is 4.74 Å². The second kappa shape index (κ2) is 5.68. The summed E-state index contributed by atoms with van der Waals surface area (Å²) >= 11 is 0.827. The molecule has 4 nitrogen and oxygen atoms in total. The van der Waals surface area contributed by atoms with Crippen molar-refractivity contribution in [1.29, 1.82) is 0 Å². The molecule has 112 valence electrons. The topological polar surface area (TPSA) is 51.2 Å². The number of nitrogens with one attached hydrogen (secondary N) is 1. The molecule has 0 atom stereocenters. The average molecular weight is 320 g/mol. The van der Waals surface area contributed by atoms with Gasteiger partial charge in [-0.3, -0.25) is 10.1 Å². The van der Waals surface area contributed by atoms with Gasteiger partial charge in [0.1, 0.15) is 11.6 Å². The number of rotatable bonds is 4. The molecule has 0 spiro atoms. The molecule has 21 heavy (non-hydrogen) atoms. The minimum absolute atomic E-state index is 0.126. The number of hydrogen-bond donors (Lipinski definition) is 1. The van der Waals surface area contributed by atoms with Crippen LogP contribution >= 0.6 is 11.3 Å². The van der Waals surface area contributed by atoms with E-state index >= 15 is 0 Å². The molecule has 0 aliphatic carbocycles. The Bertz CT molecular complexity index is 675. The van der Waals surface area contributed by atoms with Crippen molar-refractivity contribution in [3.63, 3.8) is 0 Å². The standard InChI is InChI=1S/C12H8F4N2O2S/c1-20-9-5-17-11(21-9)18-10(19)12(15,16)7-3-2-6(13)4-8(7)14/h2-5H,1H3,(H,17,18,19). The first-order valence-corrected chi connectivity index (χ1v) is 6.31. The van der Waals surface area contributed by atoms with Crippen LogP contribution in [0.1, 0.15) is 5.56 Å². The van der Waals surface area contributed by atoms with Gasteiger partial charge in [-0.05, 0) is 12.1 Å². The monoisotopic (exact) mass is 320 g/mol. The Morgan fingerprint density at radius 3 is 2.67 bits per heavy atom. The largest absolute Gasteiger partial charge is 0.486 e. The fourth-order valence-electron chi connectivity index (χ4n) is 1.45. The zero-order valence-corrected chi connectivity index (χ0v) is 11.3. The van der Waals surface area contributed by atoms with E-state index in [0.717, 1.165) is 11.3 Å². The van der Waals surface area contributed by atoms with Gasteiger partial charge in [0.15, 0.2) is 10.2 Å². The molecule has 0 fully saturated rings. The number of amides is 1. The maximum Gasteiger partial charge on any atom is 0.352 e. The van der Waals surface area contributed by atoms with Gasteiger partial charge in [-0.25, -0.2) is 13.8 Å². The normalized spacial score (nSPS) is 11.3. The van der Waals surface area contributed by atoms with Crippen LogP contribution in [0.15, 0.2) is 24.4 Å². The highest BCUT2D eigenvalue weighted by molar-refractivity contribution is 7.17. The van der Waals surface area contributed by atoms with E-state index in [-0.39, 0.29) is 11.2 Å². The van der Waals surface area contributed by atoms with E-state index in [1.54, 1.807) is 0 Å². The number of methoxy groups -OCH3 is 1. The minimum Gasteiger partial charge on any atom is -0.486 e. The summed E-state index contributed by atoms with van der Waals surface area (Å²) in [6.07, 6.45) is 1.23. The van der Waals surface area contributed by atoms with E-state index in [0.29, 0.717) is 17.2 Å². The maximum absolute atomic E-state index is 13.9. The molecule has 0 saturated heterocycles. The smallest absolute Gasteiger partial charge is 0.352 e. The Hall–Kier alpha value is -2.16. The molecule has 1 heterocycles. The maximum atomic E-state index is 13.9. The summed E-state index contributed by atoms with van der Waals surface area (Å²) in [5, 5.41) is 2.04. The van der Waals surface area contributed by atoms with Gasteiger partial charge < -0.3 is 4.74 Å². The quantitative estimate of drug-likeness (QED) is 0.881. The number of carbonyl (C=O) groups excluding carboxylic acids is 1. The number of ether oxygens (including phenoxy) is 1. The van der Waals surface area contributed by atoms with Crippen molar-refractivity contribution in [3.05, 3.63) is 41.6 Å². The summed E-state index contributed by atoms with van der Waals surface area (Å²) in [5.41, 5.74) is -1.22. The summed E-state index contributed by atoms with van der Waals surface area (Å²) in [7, 11) is 1.35. The second-order valence-corrected chi connectivity index (χ2v) is 4.83. The fourth-order valence-corrected chi connectivity index (χ4v) is 2.08. The Labute approximate surface area is 120 Å². The van der Waals surface area contributed by atoms with Crippen molar-refractivity contribution < 1.29 is 27.1 Å². The summed E-state index contributed by atoms with van der Waals surface area (Å²) < 4.78 is 58.7. The molecule has 0 aliphatic heterocycles. The van der Waals surface area contributed by atoms with Crippen LogP contribution in [0.4, 0.5) is 22.7 Å². The lowest BCUT2D eigenvalue weighted by atomic mass is 10.1. The molecular formula is C12H8F4N2O2S. The molecule has 1 aromatic carbocycles. The SMILES string of the molecule is COc1cnc(NC(=O)C(F)(F)c2ccc(F)cc2F)s1. The molecule has 0 saturated carbocycles. The first-order chi connectivity index (χ1) is 9.84. The highest BCUT2D eigenvalue weighted by Crippen LogP contribution is 2.33. The first-order valence-electron chi connectivity index (χ1n) is 5.49. The molecule has 0 unspecified atom stereocenters. The summed E-state index contributed by atoms with van der Waals surface area (Å²) in [5.74, 6) is -8.47. The number of thiazole rings is 1. The van der Waals surface area contributed by atoms with Crippen LogP contribution in [0.5, 0.6) is 5.06 Å².